The SMILES string of the molecule is CN=C(NCCc1ccc(C(F)(F)F)cc1)NC1CCc2nc(COC)nn2C1. The molecular formula is C19H25F3N6O. The van der Waals surface area contributed by atoms with Crippen LogP contribution in [0.1, 0.15) is 29.2 Å². The molecule has 0 saturated carbocycles. The summed E-state index contributed by atoms with van der Waals surface area (Å²) in [7, 11) is 3.30. The summed E-state index contributed by atoms with van der Waals surface area (Å²) in [5.41, 5.74) is 0.196. The number of hydrogen-bond donors (Lipinski definition) is 2. The van der Waals surface area contributed by atoms with Crippen molar-refractivity contribution in [1.29, 1.82) is 0 Å². The molecule has 0 fully saturated rings. The van der Waals surface area contributed by atoms with E-state index < -0.39 is 11.7 Å². The number of ether oxygens (including phenoxy) is 1. The molecule has 1 unspecified atom stereocenters. The summed E-state index contributed by atoms with van der Waals surface area (Å²) >= 11 is 0. The first-order valence-corrected chi connectivity index (χ1v) is 9.44. The van der Waals surface area contributed by atoms with Crippen molar-refractivity contribution in [1.82, 2.24) is 25.4 Å². The van der Waals surface area contributed by atoms with Crippen LogP contribution in [0.4, 0.5) is 13.2 Å². The fraction of sp³-hybridized carbons (Fsp3) is 0.526. The van der Waals surface area contributed by atoms with Gasteiger partial charge in [0.2, 0.25) is 0 Å². The zero-order chi connectivity index (χ0) is 20.9. The number of fused-ring (bicyclic) bond motifs is 1. The minimum absolute atomic E-state index is 0.164. The zero-order valence-corrected chi connectivity index (χ0v) is 16.5. The third-order valence-electron chi connectivity index (χ3n) is 4.73. The predicted octanol–water partition coefficient (Wildman–Crippen LogP) is 2.17. The monoisotopic (exact) mass is 410 g/mol. The summed E-state index contributed by atoms with van der Waals surface area (Å²) in [6.45, 7) is 1.64. The number of methoxy groups -OCH3 is 1. The molecule has 0 spiro atoms. The Kier molecular flexibility index (Phi) is 6.73. The van der Waals surface area contributed by atoms with Crippen molar-refractivity contribution >= 4 is 5.96 Å². The topological polar surface area (TPSA) is 76.4 Å². The molecule has 3 rings (SSSR count). The number of nitrogens with one attached hydrogen (secondary N) is 2. The van der Waals surface area contributed by atoms with Crippen LogP contribution in [-0.4, -0.2) is 47.5 Å². The van der Waals surface area contributed by atoms with Gasteiger partial charge >= 0.3 is 6.18 Å². The zero-order valence-electron chi connectivity index (χ0n) is 16.5. The second-order valence-corrected chi connectivity index (χ2v) is 6.88. The van der Waals surface area contributed by atoms with Gasteiger partial charge in [-0.05, 0) is 30.5 Å². The molecule has 1 atom stereocenters. The molecule has 2 aromatic rings. The Morgan fingerprint density at radius 1 is 1.31 bits per heavy atom. The highest BCUT2D eigenvalue weighted by Gasteiger charge is 2.29. The van der Waals surface area contributed by atoms with Crippen LogP contribution in [0, 0.1) is 0 Å². The second kappa shape index (κ2) is 9.25. The van der Waals surface area contributed by atoms with E-state index in [1.54, 1.807) is 14.2 Å². The molecule has 2 N–H and O–H groups in total. The maximum Gasteiger partial charge on any atom is 0.416 e. The van der Waals surface area contributed by atoms with E-state index >= 15 is 0 Å². The molecule has 2 heterocycles. The highest BCUT2D eigenvalue weighted by Crippen LogP contribution is 2.29. The molecule has 1 aromatic carbocycles. The number of rotatable bonds is 6. The van der Waals surface area contributed by atoms with Crippen LogP contribution in [0.2, 0.25) is 0 Å². The van der Waals surface area contributed by atoms with Crippen LogP contribution < -0.4 is 10.6 Å². The van der Waals surface area contributed by atoms with Gasteiger partial charge in [0, 0.05) is 33.2 Å². The molecule has 1 aliphatic rings. The van der Waals surface area contributed by atoms with Crippen molar-refractivity contribution in [3.05, 3.63) is 47.0 Å². The van der Waals surface area contributed by atoms with Crippen molar-refractivity contribution < 1.29 is 17.9 Å². The Morgan fingerprint density at radius 2 is 2.07 bits per heavy atom. The van der Waals surface area contributed by atoms with E-state index in [4.69, 9.17) is 4.74 Å². The first kappa shape index (κ1) is 21.1. The number of benzene rings is 1. The third-order valence-corrected chi connectivity index (χ3v) is 4.73. The Labute approximate surface area is 167 Å². The highest BCUT2D eigenvalue weighted by atomic mass is 19.4. The van der Waals surface area contributed by atoms with Gasteiger partial charge in [-0.15, -0.1) is 0 Å². The van der Waals surface area contributed by atoms with Crippen LogP contribution in [0.3, 0.4) is 0 Å². The lowest BCUT2D eigenvalue weighted by Crippen LogP contribution is -2.47. The number of guanidine groups is 1. The summed E-state index contributed by atoms with van der Waals surface area (Å²) in [6, 6.07) is 5.39. The van der Waals surface area contributed by atoms with Gasteiger partial charge in [-0.3, -0.25) is 4.99 Å². The first-order valence-electron chi connectivity index (χ1n) is 9.44. The summed E-state index contributed by atoms with van der Waals surface area (Å²) in [5.74, 6) is 2.30. The Hall–Kier alpha value is -2.62. The van der Waals surface area contributed by atoms with Crippen molar-refractivity contribution in [2.45, 2.75) is 44.6 Å². The van der Waals surface area contributed by atoms with Gasteiger partial charge in [-0.25, -0.2) is 9.67 Å². The van der Waals surface area contributed by atoms with Gasteiger partial charge in [0.1, 0.15) is 12.4 Å². The normalized spacial score (nSPS) is 17.1. The van der Waals surface area contributed by atoms with E-state index in [0.29, 0.717) is 37.9 Å². The van der Waals surface area contributed by atoms with E-state index in [0.717, 1.165) is 36.4 Å². The lowest BCUT2D eigenvalue weighted by molar-refractivity contribution is -0.137. The van der Waals surface area contributed by atoms with Gasteiger partial charge < -0.3 is 15.4 Å². The Bertz CT molecular complexity index is 831. The number of aromatic nitrogens is 3. The number of alkyl halides is 3. The molecule has 7 nitrogen and oxygen atoms in total. The summed E-state index contributed by atoms with van der Waals surface area (Å²) in [5, 5.41) is 11.0. The summed E-state index contributed by atoms with van der Waals surface area (Å²) in [4.78, 5) is 8.69. The van der Waals surface area contributed by atoms with Gasteiger partial charge in [0.25, 0.3) is 0 Å². The fourth-order valence-electron chi connectivity index (χ4n) is 3.24. The number of aliphatic imine (C=N–C) groups is 1. The number of halogens is 3. The predicted molar refractivity (Wildman–Crippen MR) is 102 cm³/mol. The molecule has 1 aromatic heterocycles. The molecule has 29 heavy (non-hydrogen) atoms. The maximum absolute atomic E-state index is 12.6. The van der Waals surface area contributed by atoms with Gasteiger partial charge in [-0.1, -0.05) is 12.1 Å². The lowest BCUT2D eigenvalue weighted by Gasteiger charge is -2.25. The largest absolute Gasteiger partial charge is 0.416 e. The van der Waals surface area contributed by atoms with E-state index in [9.17, 15) is 13.2 Å². The molecule has 0 radical (unpaired) electrons. The summed E-state index contributed by atoms with van der Waals surface area (Å²) in [6.07, 6.45) is -1.99. The third kappa shape index (κ3) is 5.69. The van der Waals surface area contributed by atoms with Crippen molar-refractivity contribution in [2.24, 2.45) is 4.99 Å². The average Bonchev–Trinajstić information content (AvgIpc) is 3.09. The Morgan fingerprint density at radius 3 is 2.72 bits per heavy atom. The van der Waals surface area contributed by atoms with Crippen LogP contribution in [0.25, 0.3) is 0 Å². The minimum atomic E-state index is -4.31. The van der Waals surface area contributed by atoms with E-state index in [1.165, 1.54) is 12.1 Å². The van der Waals surface area contributed by atoms with Gasteiger partial charge in [0.05, 0.1) is 12.1 Å². The number of aryl methyl sites for hydroxylation is 1. The molecule has 0 bridgehead atoms. The molecule has 0 aliphatic carbocycles. The molecule has 158 valence electrons. The van der Waals surface area contributed by atoms with Crippen LogP contribution in [0.15, 0.2) is 29.3 Å². The molecular weight excluding hydrogens is 385 g/mol. The average molecular weight is 410 g/mol. The lowest BCUT2D eigenvalue weighted by atomic mass is 10.1. The van der Waals surface area contributed by atoms with Crippen molar-refractivity contribution in [3.8, 4) is 0 Å². The van der Waals surface area contributed by atoms with E-state index in [-0.39, 0.29) is 6.04 Å². The Balaban J connectivity index is 1.47. The smallest absolute Gasteiger partial charge is 0.377 e. The second-order valence-electron chi connectivity index (χ2n) is 6.88. The van der Waals surface area contributed by atoms with E-state index in [2.05, 4.69) is 25.7 Å². The molecule has 1 aliphatic heterocycles. The van der Waals surface area contributed by atoms with Gasteiger partial charge in [0.15, 0.2) is 11.8 Å². The standard InChI is InChI=1S/C19H25F3N6O/c1-23-18(24-10-9-13-3-5-14(6-4-13)19(20,21)22)25-15-7-8-17-26-16(12-29-2)27-28(17)11-15/h3-6,15H,7-12H2,1-2H3,(H2,23,24,25). The van der Waals surface area contributed by atoms with Crippen LogP contribution >= 0.6 is 0 Å². The molecule has 0 amide bonds. The van der Waals surface area contributed by atoms with Gasteiger partial charge in [-0.2, -0.15) is 18.3 Å². The van der Waals surface area contributed by atoms with E-state index in [1.807, 2.05) is 4.68 Å². The minimum Gasteiger partial charge on any atom is -0.377 e. The molecule has 0 saturated heterocycles. The van der Waals surface area contributed by atoms with Crippen molar-refractivity contribution in [2.75, 3.05) is 20.7 Å². The summed E-state index contributed by atoms with van der Waals surface area (Å²) < 4.78 is 44.9. The number of hydrogen-bond acceptors (Lipinski definition) is 4. The van der Waals surface area contributed by atoms with Crippen LogP contribution in [-0.2, 0) is 36.9 Å². The van der Waals surface area contributed by atoms with Crippen molar-refractivity contribution in [3.63, 3.8) is 0 Å². The number of nitrogens with zero attached hydrogens (tertiary/aromatic N) is 4. The highest BCUT2D eigenvalue weighted by molar-refractivity contribution is 5.79. The first-order chi connectivity index (χ1) is 13.9. The van der Waals surface area contributed by atoms with Crippen LogP contribution in [0.5, 0.6) is 0 Å². The maximum atomic E-state index is 12.6. The quantitative estimate of drug-likeness (QED) is 0.564. The fourth-order valence-corrected chi connectivity index (χ4v) is 3.24. The molecule has 10 heteroatoms.